The van der Waals surface area contributed by atoms with Crippen LogP contribution in [0.25, 0.3) is 109 Å². The molecule has 0 aliphatic heterocycles. The van der Waals surface area contributed by atoms with Crippen molar-refractivity contribution in [3.8, 4) is 33.4 Å². The maximum atomic E-state index is 2.57. The molecule has 0 heterocycles. The fourth-order valence-electron chi connectivity index (χ4n) is 10.4. The largest absolute Gasteiger partial charge is 0.0616 e. The van der Waals surface area contributed by atoms with E-state index >= 15 is 0 Å². The zero-order valence-electron chi connectivity index (χ0n) is 30.8. The summed E-state index contributed by atoms with van der Waals surface area (Å²) in [5, 5.41) is 18.2. The number of hydrogen-bond donors (Lipinski definition) is 0. The molecule has 0 N–H and O–H groups in total. The summed E-state index contributed by atoms with van der Waals surface area (Å²) in [5.74, 6) is 0. The van der Waals surface area contributed by atoms with Crippen LogP contribution in [0.3, 0.4) is 0 Å². The first kappa shape index (κ1) is 30.7. The summed E-state index contributed by atoms with van der Waals surface area (Å²) in [7, 11) is 0. The number of fused-ring (bicyclic) bond motifs is 15. The lowest BCUT2D eigenvalue weighted by Gasteiger charge is -2.24. The van der Waals surface area contributed by atoms with Crippen LogP contribution in [0.5, 0.6) is 0 Å². The summed E-state index contributed by atoms with van der Waals surface area (Å²) in [5.41, 5.74) is 10.5. The summed E-state index contributed by atoms with van der Waals surface area (Å²) >= 11 is 0. The fourth-order valence-corrected chi connectivity index (χ4v) is 10.4. The summed E-state index contributed by atoms with van der Waals surface area (Å²) in [6, 6.07) is 68.3. The molecule has 0 amide bonds. The maximum Gasteiger partial charge on any atom is 0.0159 e. The van der Waals surface area contributed by atoms with E-state index in [1.807, 2.05) is 0 Å². The highest BCUT2D eigenvalue weighted by atomic mass is 14.4. The van der Waals surface area contributed by atoms with Crippen LogP contribution >= 0.6 is 0 Å². The Kier molecular flexibility index (Phi) is 6.21. The van der Waals surface area contributed by atoms with E-state index in [0.29, 0.717) is 0 Å². The topological polar surface area (TPSA) is 0 Å². The SMILES string of the molecule is CC1(C)c2cc(-c3c4ccccc4c(-c4cccc5ccccc45)c4ccccc34)c3ccccc3c2-c2c1ccc1c3ccccc3c3ccccc3c21. The van der Waals surface area contributed by atoms with Crippen LogP contribution in [-0.4, -0.2) is 0 Å². The Hall–Kier alpha value is -6.76. The minimum Gasteiger partial charge on any atom is -0.0616 e. The molecule has 11 aromatic rings. The lowest BCUT2D eigenvalue weighted by atomic mass is 9.78. The Morgan fingerprint density at radius 1 is 0.273 bits per heavy atom. The molecule has 256 valence electrons. The number of hydrogen-bond acceptors (Lipinski definition) is 0. The molecule has 11 aromatic carbocycles. The van der Waals surface area contributed by atoms with Gasteiger partial charge in [0.2, 0.25) is 0 Å². The Morgan fingerprint density at radius 2 is 0.691 bits per heavy atom. The van der Waals surface area contributed by atoms with Crippen LogP contribution in [0.4, 0.5) is 0 Å². The number of benzene rings is 11. The van der Waals surface area contributed by atoms with E-state index in [2.05, 4.69) is 196 Å². The van der Waals surface area contributed by atoms with Gasteiger partial charge in [0, 0.05) is 5.41 Å². The Balaban J connectivity index is 1.24. The molecule has 0 bridgehead atoms. The monoisotopic (exact) mass is 696 g/mol. The Bertz CT molecular complexity index is 3350. The van der Waals surface area contributed by atoms with Gasteiger partial charge in [0.25, 0.3) is 0 Å². The molecule has 0 atom stereocenters. The fraction of sp³-hybridized carbons (Fsp3) is 0.0545. The van der Waals surface area contributed by atoms with Gasteiger partial charge in [0.1, 0.15) is 0 Å². The molecule has 0 saturated carbocycles. The second-order valence-electron chi connectivity index (χ2n) is 15.9. The molecule has 0 fully saturated rings. The molecule has 12 rings (SSSR count). The predicted molar refractivity (Wildman–Crippen MR) is 237 cm³/mol. The third-order valence-corrected chi connectivity index (χ3v) is 12.8. The van der Waals surface area contributed by atoms with Crippen LogP contribution in [0, 0.1) is 0 Å². The van der Waals surface area contributed by atoms with E-state index in [0.717, 1.165) is 0 Å². The summed E-state index contributed by atoms with van der Waals surface area (Å²) in [6.45, 7) is 4.87. The van der Waals surface area contributed by atoms with Gasteiger partial charge < -0.3 is 0 Å². The van der Waals surface area contributed by atoms with Crippen molar-refractivity contribution in [2.75, 3.05) is 0 Å². The van der Waals surface area contributed by atoms with E-state index in [1.165, 1.54) is 120 Å². The van der Waals surface area contributed by atoms with E-state index in [4.69, 9.17) is 0 Å². The average Bonchev–Trinajstić information content (AvgIpc) is 3.48. The molecule has 0 radical (unpaired) electrons. The summed E-state index contributed by atoms with van der Waals surface area (Å²) in [4.78, 5) is 0. The van der Waals surface area contributed by atoms with E-state index in [1.54, 1.807) is 0 Å². The van der Waals surface area contributed by atoms with Crippen molar-refractivity contribution in [1.29, 1.82) is 0 Å². The van der Waals surface area contributed by atoms with Gasteiger partial charge in [-0.3, -0.25) is 0 Å². The third kappa shape index (κ3) is 4.06. The second kappa shape index (κ2) is 11.1. The van der Waals surface area contributed by atoms with Crippen LogP contribution in [-0.2, 0) is 5.41 Å². The number of rotatable bonds is 2. The molecule has 0 nitrogen and oxygen atoms in total. The molecule has 0 heteroatoms. The van der Waals surface area contributed by atoms with Crippen LogP contribution < -0.4 is 0 Å². The first-order valence-electron chi connectivity index (χ1n) is 19.4. The normalized spacial score (nSPS) is 13.4. The highest BCUT2D eigenvalue weighted by Gasteiger charge is 2.39. The standard InChI is InChI=1S/C55H36/c1-55(2)48-31-30-46-37-21-6-5-19-35(37)36-20-7-9-23-40(36)52(46)54(48)53-41-24-10-8-22-38(41)47(32-49(53)55)51-44-27-13-11-25-42(44)50(43-26-12-14-28-45(43)51)39-29-15-17-33-16-3-4-18-34(33)39/h3-32H,1-2H3. The zero-order chi connectivity index (χ0) is 36.4. The lowest BCUT2D eigenvalue weighted by Crippen LogP contribution is -2.15. The molecular weight excluding hydrogens is 661 g/mol. The molecule has 55 heavy (non-hydrogen) atoms. The Morgan fingerprint density at radius 3 is 1.29 bits per heavy atom. The van der Waals surface area contributed by atoms with Gasteiger partial charge >= 0.3 is 0 Å². The maximum absolute atomic E-state index is 2.57. The van der Waals surface area contributed by atoms with Crippen molar-refractivity contribution in [2.24, 2.45) is 0 Å². The quantitative estimate of drug-likeness (QED) is 0.125. The van der Waals surface area contributed by atoms with Crippen molar-refractivity contribution >= 4 is 75.4 Å². The minimum absolute atomic E-state index is 0.209. The lowest BCUT2D eigenvalue weighted by molar-refractivity contribution is 0.661. The van der Waals surface area contributed by atoms with Gasteiger partial charge in [0.05, 0.1) is 0 Å². The highest BCUT2D eigenvalue weighted by Crippen LogP contribution is 2.58. The Labute approximate surface area is 319 Å². The highest BCUT2D eigenvalue weighted by molar-refractivity contribution is 6.31. The van der Waals surface area contributed by atoms with Crippen molar-refractivity contribution in [3.05, 3.63) is 193 Å². The first-order valence-corrected chi connectivity index (χ1v) is 19.4. The van der Waals surface area contributed by atoms with Gasteiger partial charge in [-0.2, -0.15) is 0 Å². The van der Waals surface area contributed by atoms with Gasteiger partial charge in [-0.25, -0.2) is 0 Å². The van der Waals surface area contributed by atoms with Crippen LogP contribution in [0.2, 0.25) is 0 Å². The van der Waals surface area contributed by atoms with Crippen molar-refractivity contribution in [1.82, 2.24) is 0 Å². The van der Waals surface area contributed by atoms with Crippen molar-refractivity contribution in [3.63, 3.8) is 0 Å². The second-order valence-corrected chi connectivity index (χ2v) is 15.9. The molecule has 1 aliphatic carbocycles. The molecule has 0 spiro atoms. The van der Waals surface area contributed by atoms with Gasteiger partial charge in [-0.1, -0.05) is 190 Å². The van der Waals surface area contributed by atoms with Gasteiger partial charge in [-0.05, 0) is 126 Å². The van der Waals surface area contributed by atoms with Gasteiger partial charge in [-0.15, -0.1) is 0 Å². The summed E-state index contributed by atoms with van der Waals surface area (Å²) in [6.07, 6.45) is 0. The third-order valence-electron chi connectivity index (χ3n) is 12.8. The average molecular weight is 697 g/mol. The minimum atomic E-state index is -0.209. The molecule has 0 saturated heterocycles. The molecule has 0 aromatic heterocycles. The van der Waals surface area contributed by atoms with Crippen molar-refractivity contribution < 1.29 is 0 Å². The molecule has 0 unspecified atom stereocenters. The molecular formula is C55H36. The van der Waals surface area contributed by atoms with Crippen LogP contribution in [0.15, 0.2) is 182 Å². The zero-order valence-corrected chi connectivity index (χ0v) is 30.8. The van der Waals surface area contributed by atoms with E-state index < -0.39 is 0 Å². The van der Waals surface area contributed by atoms with Crippen LogP contribution in [0.1, 0.15) is 25.0 Å². The predicted octanol–water partition coefficient (Wildman–Crippen LogP) is 15.4. The van der Waals surface area contributed by atoms with E-state index in [9.17, 15) is 0 Å². The summed E-state index contributed by atoms with van der Waals surface area (Å²) < 4.78 is 0. The van der Waals surface area contributed by atoms with Crippen molar-refractivity contribution in [2.45, 2.75) is 19.3 Å². The molecule has 1 aliphatic rings. The van der Waals surface area contributed by atoms with E-state index in [-0.39, 0.29) is 5.41 Å². The first-order chi connectivity index (χ1) is 27.1. The smallest absolute Gasteiger partial charge is 0.0159 e. The van der Waals surface area contributed by atoms with Gasteiger partial charge in [0.15, 0.2) is 0 Å².